The number of unbranched alkanes of at least 4 members (excludes halogenated alkanes) is 3. The third-order valence-corrected chi connectivity index (χ3v) is 31.7. The van der Waals surface area contributed by atoms with E-state index in [1.165, 1.54) is 0 Å². The monoisotopic (exact) mass is 771 g/mol. The van der Waals surface area contributed by atoms with Gasteiger partial charge in [0.15, 0.2) is 0 Å². The molecule has 1 amide bonds. The standard InChI is InChI=1S/C35H63F2NO6Si5/c1-11-14-20-28-46(7)41-47(8,29-21-15-12-2)43-49(10,44-48(9,42-46)30-22-16-13-3)32-31-45(5,6)27-23-26-38(33-24-18-17-19-25-33)34(39)35(36,37)40-4/h11-13,17-19,24-25H,1-3,14-16,20-23,26-32H2,4-10H3. The Kier molecular flexibility index (Phi) is 17.4. The molecule has 2 atom stereocenters. The summed E-state index contributed by atoms with van der Waals surface area (Å²) in [6, 6.07) is 13.8. The fourth-order valence-corrected chi connectivity index (χ4v) is 35.1. The smallest absolute Gasteiger partial charge is 0.416 e. The molecule has 0 bridgehead atoms. The SMILES string of the molecule is C=CCCC[Si]1(C)O[Si](C)(CCCC=C)O[Si](C)(CC[Si](C)(C)CCCN(C(=O)C(F)(F)OC)c2ccccc2)O[Si](C)(CCCC=C)O1. The number of hydrogen-bond acceptors (Lipinski definition) is 6. The van der Waals surface area contributed by atoms with Crippen molar-refractivity contribution in [2.24, 2.45) is 0 Å². The largest absolute Gasteiger partial charge is 0.436 e. The van der Waals surface area contributed by atoms with Gasteiger partial charge in [0.25, 0.3) is 0 Å². The highest BCUT2D eigenvalue weighted by Crippen LogP contribution is 2.40. The Morgan fingerprint density at radius 3 is 1.55 bits per heavy atom. The molecule has 1 fully saturated rings. The Balaban J connectivity index is 2.30. The summed E-state index contributed by atoms with van der Waals surface area (Å²) >= 11 is 0. The number of hydrogen-bond donors (Lipinski definition) is 0. The van der Waals surface area contributed by atoms with Gasteiger partial charge in [0, 0.05) is 27.4 Å². The minimum absolute atomic E-state index is 0.180. The van der Waals surface area contributed by atoms with E-state index in [1.54, 1.807) is 30.3 Å². The van der Waals surface area contributed by atoms with Crippen LogP contribution in [0, 0.1) is 0 Å². The topological polar surface area (TPSA) is 66.5 Å². The summed E-state index contributed by atoms with van der Waals surface area (Å²) in [6.07, 6.45) is 8.13. The quantitative estimate of drug-likeness (QED) is 0.0664. The van der Waals surface area contributed by atoms with Crippen LogP contribution in [-0.4, -0.2) is 68.0 Å². The van der Waals surface area contributed by atoms with Crippen molar-refractivity contribution in [1.29, 1.82) is 0 Å². The second-order valence-electron chi connectivity index (χ2n) is 14.8. The number of allylic oxidation sites excluding steroid dienone is 3. The Hall–Kier alpha value is -1.35. The van der Waals surface area contributed by atoms with Crippen LogP contribution in [0.3, 0.4) is 0 Å². The summed E-state index contributed by atoms with van der Waals surface area (Å²) in [5.74, 6) is -1.35. The van der Waals surface area contributed by atoms with Crippen LogP contribution in [0.2, 0.25) is 75.5 Å². The Morgan fingerprint density at radius 1 is 0.755 bits per heavy atom. The van der Waals surface area contributed by atoms with E-state index in [1.807, 2.05) is 18.2 Å². The molecule has 1 heterocycles. The number of rotatable bonds is 22. The van der Waals surface area contributed by atoms with Crippen LogP contribution >= 0.6 is 0 Å². The van der Waals surface area contributed by atoms with Crippen molar-refractivity contribution in [3.8, 4) is 0 Å². The first kappa shape index (κ1) is 43.8. The maximum atomic E-state index is 14.4. The van der Waals surface area contributed by atoms with Gasteiger partial charge in [-0.15, -0.1) is 19.7 Å². The van der Waals surface area contributed by atoms with Gasteiger partial charge in [-0.05, 0) is 107 Å². The summed E-state index contributed by atoms with van der Waals surface area (Å²) < 4.78 is 62.1. The van der Waals surface area contributed by atoms with Gasteiger partial charge in [0.1, 0.15) is 0 Å². The minimum atomic E-state index is -3.89. The minimum Gasteiger partial charge on any atom is -0.416 e. The predicted octanol–water partition coefficient (Wildman–Crippen LogP) is 10.6. The fourth-order valence-electron chi connectivity index (χ4n) is 6.63. The maximum absolute atomic E-state index is 14.4. The molecule has 0 N–H and O–H groups in total. The third kappa shape index (κ3) is 14.7. The Bertz CT molecular complexity index is 1180. The predicted molar refractivity (Wildman–Crippen MR) is 211 cm³/mol. The lowest BCUT2D eigenvalue weighted by atomic mass is 10.2. The maximum Gasteiger partial charge on any atom is 0.436 e. The number of benzene rings is 1. The van der Waals surface area contributed by atoms with Gasteiger partial charge in [-0.2, -0.15) is 8.78 Å². The molecule has 2 rings (SSSR count). The van der Waals surface area contributed by atoms with E-state index in [0.717, 1.165) is 86.8 Å². The van der Waals surface area contributed by atoms with Gasteiger partial charge in [-0.3, -0.25) is 4.79 Å². The lowest BCUT2D eigenvalue weighted by molar-refractivity contribution is -0.216. The van der Waals surface area contributed by atoms with Crippen LogP contribution in [0.25, 0.3) is 0 Å². The van der Waals surface area contributed by atoms with Crippen molar-refractivity contribution >= 4 is 53.9 Å². The number of ether oxygens (including phenoxy) is 1. The van der Waals surface area contributed by atoms with Crippen LogP contribution in [0.15, 0.2) is 68.3 Å². The number of methoxy groups -OCH3 is 1. The highest BCUT2D eigenvalue weighted by molar-refractivity contribution is 6.94. The van der Waals surface area contributed by atoms with Gasteiger partial charge in [0.2, 0.25) is 0 Å². The molecule has 49 heavy (non-hydrogen) atoms. The van der Waals surface area contributed by atoms with Gasteiger partial charge in [0.05, 0.1) is 0 Å². The molecule has 0 aromatic heterocycles. The summed E-state index contributed by atoms with van der Waals surface area (Å²) in [6.45, 7) is 25.4. The van der Waals surface area contributed by atoms with E-state index in [2.05, 4.69) is 63.8 Å². The summed E-state index contributed by atoms with van der Waals surface area (Å²) in [5, 5.41) is 0. The molecule has 1 aromatic rings. The Labute approximate surface area is 301 Å². The van der Waals surface area contributed by atoms with Gasteiger partial charge in [-0.1, -0.05) is 61.6 Å². The second kappa shape index (κ2) is 19.5. The summed E-state index contributed by atoms with van der Waals surface area (Å²) in [7, 11) is -11.9. The molecule has 14 heteroatoms. The van der Waals surface area contributed by atoms with E-state index in [9.17, 15) is 13.6 Å². The molecule has 1 aliphatic heterocycles. The first-order valence-electron chi connectivity index (χ1n) is 17.8. The van der Waals surface area contributed by atoms with Crippen LogP contribution in [-0.2, 0) is 26.0 Å². The van der Waals surface area contributed by atoms with E-state index >= 15 is 0 Å². The lowest BCUT2D eigenvalue weighted by Gasteiger charge is -2.51. The molecule has 1 aliphatic rings. The number of para-hydroxylation sites is 1. The van der Waals surface area contributed by atoms with Crippen LogP contribution in [0.5, 0.6) is 0 Å². The number of alkyl halides is 2. The normalized spacial score (nSPS) is 26.4. The molecular weight excluding hydrogens is 709 g/mol. The molecule has 0 aliphatic carbocycles. The van der Waals surface area contributed by atoms with Gasteiger partial charge < -0.3 is 26.1 Å². The molecule has 1 aromatic carbocycles. The average molecular weight is 772 g/mol. The number of nitrogens with zero attached hydrogens (tertiary/aromatic N) is 1. The first-order chi connectivity index (χ1) is 22.9. The highest BCUT2D eigenvalue weighted by Gasteiger charge is 2.56. The van der Waals surface area contributed by atoms with E-state index in [0.29, 0.717) is 12.1 Å². The second-order valence-corrected chi connectivity index (χ2v) is 34.4. The Morgan fingerprint density at radius 2 is 1.16 bits per heavy atom. The molecule has 278 valence electrons. The van der Waals surface area contributed by atoms with Gasteiger partial charge in [-0.25, -0.2) is 0 Å². The molecular formula is C35H63F2NO6Si5. The zero-order valence-electron chi connectivity index (χ0n) is 31.3. The third-order valence-electron chi connectivity index (χ3n) is 9.15. The average Bonchev–Trinajstić information content (AvgIpc) is 3.02. The van der Waals surface area contributed by atoms with Crippen molar-refractivity contribution < 1.29 is 34.8 Å². The van der Waals surface area contributed by atoms with Crippen molar-refractivity contribution in [2.75, 3.05) is 18.6 Å². The van der Waals surface area contributed by atoms with Crippen LogP contribution < -0.4 is 4.90 Å². The lowest BCUT2D eigenvalue weighted by Crippen LogP contribution is -2.67. The van der Waals surface area contributed by atoms with Crippen molar-refractivity contribution in [2.45, 2.75) is 127 Å². The van der Waals surface area contributed by atoms with E-state index in [4.69, 9.17) is 16.5 Å². The highest BCUT2D eigenvalue weighted by atomic mass is 28.5. The molecule has 1 saturated heterocycles. The molecule has 7 nitrogen and oxygen atoms in total. The molecule has 0 spiro atoms. The van der Waals surface area contributed by atoms with Gasteiger partial charge >= 0.3 is 46.3 Å². The van der Waals surface area contributed by atoms with Crippen LogP contribution in [0.4, 0.5) is 14.5 Å². The molecule has 0 radical (unpaired) electrons. The molecule has 0 saturated carbocycles. The number of halogens is 2. The first-order valence-corrected chi connectivity index (χ1v) is 31.3. The van der Waals surface area contributed by atoms with E-state index < -0.39 is 54.3 Å². The zero-order chi connectivity index (χ0) is 36.8. The van der Waals surface area contributed by atoms with Crippen LogP contribution in [0.1, 0.15) is 44.9 Å². The van der Waals surface area contributed by atoms with E-state index in [-0.39, 0.29) is 6.54 Å². The van der Waals surface area contributed by atoms with Crippen molar-refractivity contribution in [3.63, 3.8) is 0 Å². The number of anilines is 1. The zero-order valence-corrected chi connectivity index (χ0v) is 36.3. The molecule has 2 unspecified atom stereocenters. The number of amides is 1. The summed E-state index contributed by atoms with van der Waals surface area (Å²) in [5.41, 5.74) is 0.432. The number of carbonyl (C=O) groups excluding carboxylic acids is 1. The van der Waals surface area contributed by atoms with Crippen molar-refractivity contribution in [3.05, 3.63) is 68.3 Å². The fraction of sp³-hybridized carbons (Fsp3) is 0.629. The number of carbonyl (C=O) groups is 1. The summed E-state index contributed by atoms with van der Waals surface area (Å²) in [4.78, 5) is 14.0. The van der Waals surface area contributed by atoms with Crippen molar-refractivity contribution in [1.82, 2.24) is 0 Å².